The molecule has 0 amide bonds. The van der Waals surface area contributed by atoms with Crippen LogP contribution in [0.4, 0.5) is 13.2 Å². The van der Waals surface area contributed by atoms with Crippen LogP contribution in [0.1, 0.15) is 35.6 Å². The molecule has 1 aromatic heterocycles. The molecule has 0 aliphatic heterocycles. The zero-order chi connectivity index (χ0) is 11.9. The zero-order valence-electron chi connectivity index (χ0n) is 8.59. The first kappa shape index (κ1) is 12.2. The van der Waals surface area contributed by atoms with E-state index in [4.69, 9.17) is 11.6 Å². The van der Waals surface area contributed by atoms with E-state index in [1.165, 1.54) is 6.20 Å². The Morgan fingerprint density at radius 3 is 2.56 bits per heavy atom. The van der Waals surface area contributed by atoms with Gasteiger partial charge >= 0.3 is 6.18 Å². The zero-order valence-corrected chi connectivity index (χ0v) is 10.2. The maximum absolute atomic E-state index is 12.4. The fourth-order valence-electron chi connectivity index (χ4n) is 2.11. The number of hydrogen-bond donors (Lipinski definition) is 0. The Hall–Kier alpha value is -0.290. The van der Waals surface area contributed by atoms with E-state index in [0.29, 0.717) is 4.88 Å². The van der Waals surface area contributed by atoms with Crippen molar-refractivity contribution in [2.75, 3.05) is 0 Å². The van der Waals surface area contributed by atoms with E-state index >= 15 is 0 Å². The normalized spacial score (nSPS) is 30.9. The van der Waals surface area contributed by atoms with Crippen molar-refractivity contribution in [3.63, 3.8) is 0 Å². The summed E-state index contributed by atoms with van der Waals surface area (Å²) in [6.45, 7) is 1.99. The van der Waals surface area contributed by atoms with Crippen molar-refractivity contribution in [3.8, 4) is 0 Å². The van der Waals surface area contributed by atoms with Gasteiger partial charge in [0.05, 0.1) is 0 Å². The first-order valence-electron chi connectivity index (χ1n) is 5.06. The largest absolute Gasteiger partial charge is 0.443 e. The summed E-state index contributed by atoms with van der Waals surface area (Å²) in [5.74, 6) is 0.360. The number of rotatable bonds is 1. The van der Waals surface area contributed by atoms with Crippen LogP contribution in [0, 0.1) is 5.92 Å². The number of nitrogens with zero attached hydrogens (tertiary/aromatic N) is 1. The highest BCUT2D eigenvalue weighted by Crippen LogP contribution is 2.45. The summed E-state index contributed by atoms with van der Waals surface area (Å²) in [6.07, 6.45) is -1.25. The first-order valence-corrected chi connectivity index (χ1v) is 6.32. The minimum Gasteiger partial charge on any atom is -0.240 e. The molecule has 1 nitrogen and oxygen atoms in total. The summed E-state index contributed by atoms with van der Waals surface area (Å²) >= 11 is 6.81. The highest BCUT2D eigenvalue weighted by molar-refractivity contribution is 7.11. The van der Waals surface area contributed by atoms with Crippen molar-refractivity contribution in [1.82, 2.24) is 4.98 Å². The van der Waals surface area contributed by atoms with E-state index in [-0.39, 0.29) is 17.2 Å². The third kappa shape index (κ3) is 2.20. The Labute approximate surface area is 101 Å². The molecule has 90 valence electrons. The van der Waals surface area contributed by atoms with Crippen molar-refractivity contribution in [2.24, 2.45) is 5.92 Å². The smallest absolute Gasteiger partial charge is 0.240 e. The lowest BCUT2D eigenvalue weighted by molar-refractivity contribution is -0.137. The van der Waals surface area contributed by atoms with Gasteiger partial charge in [-0.25, -0.2) is 4.98 Å². The maximum atomic E-state index is 12.4. The summed E-state index contributed by atoms with van der Waals surface area (Å²) < 4.78 is 37.2. The summed E-state index contributed by atoms with van der Waals surface area (Å²) in [4.78, 5) is 4.15. The molecule has 0 N–H and O–H groups in total. The van der Waals surface area contributed by atoms with E-state index in [1.54, 1.807) is 0 Å². The summed E-state index contributed by atoms with van der Waals surface area (Å²) in [7, 11) is 0. The van der Waals surface area contributed by atoms with Gasteiger partial charge in [-0.05, 0) is 24.7 Å². The molecule has 0 aromatic carbocycles. The molecular weight excluding hydrogens is 259 g/mol. The van der Waals surface area contributed by atoms with Crippen molar-refractivity contribution in [1.29, 1.82) is 0 Å². The number of aromatic nitrogens is 1. The predicted octanol–water partition coefficient (Wildman–Crippen LogP) is 4.28. The van der Waals surface area contributed by atoms with Gasteiger partial charge in [0, 0.05) is 16.5 Å². The topological polar surface area (TPSA) is 12.9 Å². The molecule has 0 spiro atoms. The van der Waals surface area contributed by atoms with Crippen molar-refractivity contribution < 1.29 is 13.2 Å². The molecule has 1 aromatic rings. The van der Waals surface area contributed by atoms with E-state index in [1.807, 2.05) is 6.92 Å². The molecule has 0 bridgehead atoms. The average molecular weight is 270 g/mol. The second-order valence-corrected chi connectivity index (χ2v) is 5.75. The second-order valence-electron chi connectivity index (χ2n) is 4.12. The lowest BCUT2D eigenvalue weighted by atomic mass is 9.97. The highest BCUT2D eigenvalue weighted by atomic mass is 35.5. The fraction of sp³-hybridized carbons (Fsp3) is 0.700. The summed E-state index contributed by atoms with van der Waals surface area (Å²) in [6, 6.07) is 0. The van der Waals surface area contributed by atoms with E-state index in [9.17, 15) is 13.2 Å². The molecule has 0 saturated heterocycles. The minimum atomic E-state index is -4.33. The number of thiazole rings is 1. The molecule has 1 fully saturated rings. The number of hydrogen-bond acceptors (Lipinski definition) is 2. The average Bonchev–Trinajstić information content (AvgIpc) is 2.74. The SMILES string of the molecule is CC1C(Cl)CCC1c1cnc(C(F)(F)F)s1. The van der Waals surface area contributed by atoms with Crippen LogP contribution in [0.2, 0.25) is 0 Å². The van der Waals surface area contributed by atoms with Crippen LogP contribution in [0.3, 0.4) is 0 Å². The Balaban J connectivity index is 2.20. The van der Waals surface area contributed by atoms with Gasteiger partial charge in [0.15, 0.2) is 5.01 Å². The predicted molar refractivity (Wildman–Crippen MR) is 57.9 cm³/mol. The number of alkyl halides is 4. The van der Waals surface area contributed by atoms with Gasteiger partial charge in [0.25, 0.3) is 0 Å². The summed E-state index contributed by atoms with van der Waals surface area (Å²) in [5, 5.41) is -0.686. The van der Waals surface area contributed by atoms with Gasteiger partial charge in [-0.2, -0.15) is 13.2 Å². The molecule has 1 heterocycles. The molecule has 6 heteroatoms. The van der Waals surface area contributed by atoms with Crippen LogP contribution in [0.5, 0.6) is 0 Å². The van der Waals surface area contributed by atoms with Gasteiger partial charge in [-0.1, -0.05) is 6.92 Å². The maximum Gasteiger partial charge on any atom is 0.443 e. The lowest BCUT2D eigenvalue weighted by Gasteiger charge is -2.14. The fourth-order valence-corrected chi connectivity index (χ4v) is 3.44. The third-order valence-electron chi connectivity index (χ3n) is 3.09. The standard InChI is InChI=1S/C10H11ClF3NS/c1-5-6(2-3-7(5)11)8-4-15-9(16-8)10(12,13)14/h4-7H,2-3H2,1H3. The molecule has 1 saturated carbocycles. The lowest BCUT2D eigenvalue weighted by Crippen LogP contribution is -2.08. The Morgan fingerprint density at radius 1 is 1.44 bits per heavy atom. The second kappa shape index (κ2) is 4.18. The Morgan fingerprint density at radius 2 is 2.12 bits per heavy atom. The molecule has 3 atom stereocenters. The van der Waals surface area contributed by atoms with E-state index < -0.39 is 11.2 Å². The van der Waals surface area contributed by atoms with Crippen molar-refractivity contribution in [3.05, 3.63) is 16.1 Å². The molecule has 3 unspecified atom stereocenters. The molecule has 0 radical (unpaired) electrons. The van der Waals surface area contributed by atoms with Gasteiger partial charge in [-0.15, -0.1) is 22.9 Å². The van der Waals surface area contributed by atoms with Gasteiger partial charge in [0.2, 0.25) is 0 Å². The van der Waals surface area contributed by atoms with Gasteiger partial charge in [0.1, 0.15) is 0 Å². The Bertz CT molecular complexity index is 376. The monoisotopic (exact) mass is 269 g/mol. The quantitative estimate of drug-likeness (QED) is 0.694. The van der Waals surface area contributed by atoms with Crippen molar-refractivity contribution in [2.45, 2.75) is 37.2 Å². The van der Waals surface area contributed by atoms with Crippen molar-refractivity contribution >= 4 is 22.9 Å². The molecule has 1 aliphatic rings. The van der Waals surface area contributed by atoms with Crippen LogP contribution in [0.15, 0.2) is 6.20 Å². The van der Waals surface area contributed by atoms with E-state index in [0.717, 1.165) is 24.2 Å². The van der Waals surface area contributed by atoms with Gasteiger partial charge in [-0.3, -0.25) is 0 Å². The highest BCUT2D eigenvalue weighted by Gasteiger charge is 2.38. The van der Waals surface area contributed by atoms with Crippen LogP contribution < -0.4 is 0 Å². The molecular formula is C10H11ClF3NS. The van der Waals surface area contributed by atoms with Crippen LogP contribution in [-0.2, 0) is 6.18 Å². The van der Waals surface area contributed by atoms with Crippen LogP contribution in [-0.4, -0.2) is 10.4 Å². The third-order valence-corrected chi connectivity index (χ3v) is 4.88. The van der Waals surface area contributed by atoms with Gasteiger partial charge < -0.3 is 0 Å². The number of halogens is 4. The van der Waals surface area contributed by atoms with E-state index in [2.05, 4.69) is 4.98 Å². The van der Waals surface area contributed by atoms with Crippen LogP contribution in [0.25, 0.3) is 0 Å². The first-order chi connectivity index (χ1) is 7.39. The summed E-state index contributed by atoms with van der Waals surface area (Å²) in [5.41, 5.74) is 0. The molecule has 1 aliphatic carbocycles. The molecule has 16 heavy (non-hydrogen) atoms. The Kier molecular flexibility index (Phi) is 3.18. The molecule has 2 rings (SSSR count). The minimum absolute atomic E-state index is 0.0708. The van der Waals surface area contributed by atoms with Crippen LogP contribution >= 0.6 is 22.9 Å².